The minimum absolute atomic E-state index is 0.0875. The van der Waals surface area contributed by atoms with Gasteiger partial charge < -0.3 is 19.9 Å². The number of methoxy groups -OCH3 is 3. The Bertz CT molecular complexity index is 427. The Kier molecular flexibility index (Phi) is 3.78. The van der Waals surface area contributed by atoms with E-state index in [9.17, 15) is 0 Å². The van der Waals surface area contributed by atoms with E-state index in [1.54, 1.807) is 21.3 Å². The number of hydrogen-bond acceptors (Lipinski definition) is 4. The average molecular weight is 251 g/mol. The normalized spacial score (nSPS) is 16.4. The molecule has 2 N–H and O–H groups in total. The molecule has 1 fully saturated rings. The summed E-state index contributed by atoms with van der Waals surface area (Å²) in [5.74, 6) is 1.72. The van der Waals surface area contributed by atoms with Crippen molar-refractivity contribution in [2.24, 2.45) is 5.73 Å². The van der Waals surface area contributed by atoms with Crippen LogP contribution in [0.3, 0.4) is 0 Å². The van der Waals surface area contributed by atoms with Crippen LogP contribution < -0.4 is 15.2 Å². The summed E-state index contributed by atoms with van der Waals surface area (Å²) in [6, 6.07) is 4.04. The lowest BCUT2D eigenvalue weighted by atomic mass is 9.93. The second-order valence-corrected chi connectivity index (χ2v) is 4.78. The Morgan fingerprint density at radius 3 is 2.22 bits per heavy atom. The maximum atomic E-state index is 5.89. The summed E-state index contributed by atoms with van der Waals surface area (Å²) in [5.41, 5.74) is 8.13. The fourth-order valence-electron chi connectivity index (χ4n) is 2.38. The van der Waals surface area contributed by atoms with E-state index in [1.165, 1.54) is 0 Å². The van der Waals surface area contributed by atoms with Crippen molar-refractivity contribution in [1.29, 1.82) is 0 Å². The first-order chi connectivity index (χ1) is 8.70. The van der Waals surface area contributed by atoms with Gasteiger partial charge in [-0.3, -0.25) is 0 Å². The fraction of sp³-hybridized carbons (Fsp3) is 0.571. The molecule has 0 unspecified atom stereocenters. The van der Waals surface area contributed by atoms with Gasteiger partial charge in [-0.1, -0.05) is 0 Å². The predicted octanol–water partition coefficient (Wildman–Crippen LogP) is 1.84. The monoisotopic (exact) mass is 251 g/mol. The van der Waals surface area contributed by atoms with Gasteiger partial charge in [0.05, 0.1) is 20.8 Å². The zero-order chi connectivity index (χ0) is 13.2. The third-order valence-corrected chi connectivity index (χ3v) is 3.72. The SMILES string of the molecule is COCc1cc(OC)c(C2(CN)CC2)cc1OC. The molecule has 0 saturated heterocycles. The molecular formula is C14H21NO3. The van der Waals surface area contributed by atoms with E-state index < -0.39 is 0 Å². The Morgan fingerprint density at radius 1 is 1.11 bits per heavy atom. The number of rotatable bonds is 6. The van der Waals surface area contributed by atoms with Gasteiger partial charge in [-0.2, -0.15) is 0 Å². The van der Waals surface area contributed by atoms with Crippen molar-refractivity contribution in [2.75, 3.05) is 27.9 Å². The van der Waals surface area contributed by atoms with Gasteiger partial charge in [-0.25, -0.2) is 0 Å². The van der Waals surface area contributed by atoms with Gasteiger partial charge in [0, 0.05) is 30.2 Å². The molecule has 0 spiro atoms. The number of nitrogens with two attached hydrogens (primary N) is 1. The zero-order valence-electron chi connectivity index (χ0n) is 11.3. The van der Waals surface area contributed by atoms with Crippen LogP contribution in [-0.2, 0) is 16.8 Å². The van der Waals surface area contributed by atoms with E-state index in [4.69, 9.17) is 19.9 Å². The van der Waals surface area contributed by atoms with Crippen LogP contribution in [0.15, 0.2) is 12.1 Å². The van der Waals surface area contributed by atoms with Gasteiger partial charge in [0.25, 0.3) is 0 Å². The van der Waals surface area contributed by atoms with Crippen LogP contribution in [0.1, 0.15) is 24.0 Å². The maximum Gasteiger partial charge on any atom is 0.124 e. The molecule has 0 radical (unpaired) electrons. The van der Waals surface area contributed by atoms with Crippen LogP contribution in [0.4, 0.5) is 0 Å². The third-order valence-electron chi connectivity index (χ3n) is 3.72. The molecule has 0 atom stereocenters. The highest BCUT2D eigenvalue weighted by Gasteiger charge is 2.45. The maximum absolute atomic E-state index is 5.89. The molecule has 4 heteroatoms. The molecule has 2 rings (SSSR count). The summed E-state index contributed by atoms with van der Waals surface area (Å²) < 4.78 is 16.1. The smallest absolute Gasteiger partial charge is 0.124 e. The van der Waals surface area contributed by atoms with Crippen molar-refractivity contribution in [1.82, 2.24) is 0 Å². The Hall–Kier alpha value is -1.26. The number of benzene rings is 1. The van der Waals surface area contributed by atoms with Gasteiger partial charge in [0.15, 0.2) is 0 Å². The summed E-state index contributed by atoms with van der Waals surface area (Å²) in [6.07, 6.45) is 2.24. The predicted molar refractivity (Wildman–Crippen MR) is 70.2 cm³/mol. The minimum atomic E-state index is 0.0875. The number of hydrogen-bond donors (Lipinski definition) is 1. The van der Waals surface area contributed by atoms with Crippen molar-refractivity contribution in [3.05, 3.63) is 23.3 Å². The Morgan fingerprint density at radius 2 is 1.78 bits per heavy atom. The van der Waals surface area contributed by atoms with Gasteiger partial charge in [-0.05, 0) is 25.0 Å². The molecule has 18 heavy (non-hydrogen) atoms. The Labute approximate surface area is 108 Å². The van der Waals surface area contributed by atoms with Crippen LogP contribution in [0, 0.1) is 0 Å². The van der Waals surface area contributed by atoms with Crippen LogP contribution in [-0.4, -0.2) is 27.9 Å². The van der Waals surface area contributed by atoms with Crippen molar-refractivity contribution in [3.63, 3.8) is 0 Å². The Balaban J connectivity index is 2.46. The summed E-state index contributed by atoms with van der Waals surface area (Å²) in [7, 11) is 5.03. The molecule has 1 saturated carbocycles. The van der Waals surface area contributed by atoms with Crippen LogP contribution in [0.25, 0.3) is 0 Å². The van der Waals surface area contributed by atoms with Crippen LogP contribution in [0.2, 0.25) is 0 Å². The molecule has 0 heterocycles. The fourth-order valence-corrected chi connectivity index (χ4v) is 2.38. The first-order valence-corrected chi connectivity index (χ1v) is 6.15. The zero-order valence-corrected chi connectivity index (χ0v) is 11.3. The lowest BCUT2D eigenvalue weighted by Crippen LogP contribution is -2.20. The van der Waals surface area contributed by atoms with Crippen LogP contribution >= 0.6 is 0 Å². The van der Waals surface area contributed by atoms with E-state index >= 15 is 0 Å². The van der Waals surface area contributed by atoms with Gasteiger partial charge >= 0.3 is 0 Å². The molecule has 1 aliphatic carbocycles. The standard InChI is InChI=1S/C14H21NO3/c1-16-8-10-6-13(18-3)11(7-12(10)17-2)14(9-15)4-5-14/h6-7H,4-5,8-9,15H2,1-3H3. The van der Waals surface area contributed by atoms with E-state index in [-0.39, 0.29) is 5.41 Å². The van der Waals surface area contributed by atoms with Crippen molar-refractivity contribution in [3.8, 4) is 11.5 Å². The first-order valence-electron chi connectivity index (χ1n) is 6.15. The average Bonchev–Trinajstić information content (AvgIpc) is 3.19. The molecule has 1 aliphatic rings. The van der Waals surface area contributed by atoms with Gasteiger partial charge in [0.1, 0.15) is 11.5 Å². The van der Waals surface area contributed by atoms with E-state index in [0.29, 0.717) is 13.2 Å². The second-order valence-electron chi connectivity index (χ2n) is 4.78. The molecule has 1 aromatic rings. The lowest BCUT2D eigenvalue weighted by Gasteiger charge is -2.20. The van der Waals surface area contributed by atoms with Crippen LogP contribution in [0.5, 0.6) is 11.5 Å². The highest BCUT2D eigenvalue weighted by atomic mass is 16.5. The van der Waals surface area contributed by atoms with E-state index in [0.717, 1.165) is 35.5 Å². The van der Waals surface area contributed by atoms with Crippen molar-refractivity contribution >= 4 is 0 Å². The minimum Gasteiger partial charge on any atom is -0.496 e. The molecule has 0 bridgehead atoms. The molecule has 0 aromatic heterocycles. The largest absolute Gasteiger partial charge is 0.496 e. The summed E-state index contributed by atoms with van der Waals surface area (Å²) in [5, 5.41) is 0. The summed E-state index contributed by atoms with van der Waals surface area (Å²) in [6.45, 7) is 1.16. The highest BCUT2D eigenvalue weighted by molar-refractivity contribution is 5.52. The van der Waals surface area contributed by atoms with E-state index in [2.05, 4.69) is 0 Å². The first kappa shape index (κ1) is 13.2. The topological polar surface area (TPSA) is 53.7 Å². The van der Waals surface area contributed by atoms with Gasteiger partial charge in [-0.15, -0.1) is 0 Å². The third kappa shape index (κ3) is 2.18. The quantitative estimate of drug-likeness (QED) is 0.838. The molecule has 0 amide bonds. The molecule has 1 aromatic carbocycles. The second kappa shape index (κ2) is 5.16. The number of ether oxygens (including phenoxy) is 3. The van der Waals surface area contributed by atoms with Crippen molar-refractivity contribution in [2.45, 2.75) is 24.9 Å². The van der Waals surface area contributed by atoms with Crippen molar-refractivity contribution < 1.29 is 14.2 Å². The van der Waals surface area contributed by atoms with Gasteiger partial charge in [0.2, 0.25) is 0 Å². The molecular weight excluding hydrogens is 230 g/mol. The highest BCUT2D eigenvalue weighted by Crippen LogP contribution is 2.51. The summed E-state index contributed by atoms with van der Waals surface area (Å²) >= 11 is 0. The lowest BCUT2D eigenvalue weighted by molar-refractivity contribution is 0.181. The molecule has 0 aliphatic heterocycles. The molecule has 4 nitrogen and oxygen atoms in total. The molecule has 100 valence electrons. The van der Waals surface area contributed by atoms with E-state index in [1.807, 2.05) is 12.1 Å². The summed E-state index contributed by atoms with van der Waals surface area (Å²) in [4.78, 5) is 0.